The molecule has 0 saturated heterocycles. The van der Waals surface area contributed by atoms with Crippen LogP contribution in [0.4, 0.5) is 4.39 Å². The van der Waals surface area contributed by atoms with Crippen molar-refractivity contribution in [3.05, 3.63) is 138 Å². The Hall–Kier alpha value is -2.78. The van der Waals surface area contributed by atoms with Crippen LogP contribution in [-0.2, 0) is 12.8 Å². The van der Waals surface area contributed by atoms with E-state index >= 15 is 0 Å². The SMILES string of the molecule is C=C(N)c1cccc(CC(CO)C(CCc2ccccc2)NC(=O)c2ccc(-c3ccc(F)cc3)cc2)c1.[Ac]. The predicted octanol–water partition coefficient (Wildman–Crippen LogP) is 6.00. The molecule has 0 heterocycles. The quantitative estimate of drug-likeness (QED) is 0.177. The largest absolute Gasteiger partial charge is 0.399 e. The maximum absolute atomic E-state index is 13.3. The monoisotopic (exact) mass is 735 g/mol. The van der Waals surface area contributed by atoms with Crippen molar-refractivity contribution < 1.29 is 58.4 Å². The van der Waals surface area contributed by atoms with Gasteiger partial charge in [0.05, 0.1) is 0 Å². The molecule has 2 atom stereocenters. The second kappa shape index (κ2) is 15.1. The molecule has 4 aromatic carbocycles. The summed E-state index contributed by atoms with van der Waals surface area (Å²) >= 11 is 0. The molecule has 0 bridgehead atoms. The summed E-state index contributed by atoms with van der Waals surface area (Å²) in [4.78, 5) is 13.3. The molecular weight excluding hydrogens is 702 g/mol. The van der Waals surface area contributed by atoms with Crippen molar-refractivity contribution in [2.45, 2.75) is 25.3 Å². The Labute approximate surface area is 265 Å². The number of nitrogens with one attached hydrogen (secondary N) is 1. The summed E-state index contributed by atoms with van der Waals surface area (Å²) in [6, 6.07) is 31.2. The van der Waals surface area contributed by atoms with E-state index in [0.29, 0.717) is 24.1 Å². The topological polar surface area (TPSA) is 75.3 Å². The van der Waals surface area contributed by atoms with Gasteiger partial charge in [-0.15, -0.1) is 0 Å². The molecule has 0 aliphatic rings. The van der Waals surface area contributed by atoms with E-state index < -0.39 is 0 Å². The van der Waals surface area contributed by atoms with Crippen LogP contribution in [0.2, 0.25) is 0 Å². The molecule has 2 unspecified atom stereocenters. The summed E-state index contributed by atoms with van der Waals surface area (Å²) in [5.74, 6) is -0.678. The summed E-state index contributed by atoms with van der Waals surface area (Å²) in [5.41, 5.74) is 11.7. The van der Waals surface area contributed by atoms with Gasteiger partial charge in [-0.2, -0.15) is 0 Å². The first kappa shape index (κ1) is 30.8. The second-order valence-corrected chi connectivity index (χ2v) is 9.56. The molecule has 0 aliphatic carbocycles. The zero-order valence-corrected chi connectivity index (χ0v) is 26.6. The van der Waals surface area contributed by atoms with Crippen LogP contribution < -0.4 is 11.1 Å². The first-order valence-corrected chi connectivity index (χ1v) is 12.8. The molecule has 1 amide bonds. The minimum Gasteiger partial charge on any atom is -0.399 e. The Morgan fingerprint density at radius 2 is 1.46 bits per heavy atom. The second-order valence-electron chi connectivity index (χ2n) is 9.56. The fraction of sp³-hybridized carbons (Fsp3) is 0.182. The first-order valence-electron chi connectivity index (χ1n) is 12.8. The molecule has 4 rings (SSSR count). The molecule has 1 radical (unpaired) electrons. The number of aryl methyl sites for hydroxylation is 1. The molecule has 4 N–H and O–H groups in total. The summed E-state index contributed by atoms with van der Waals surface area (Å²) in [6.07, 6.45) is 2.03. The summed E-state index contributed by atoms with van der Waals surface area (Å²) in [7, 11) is 0. The molecular formula is C33H33AcFN2O2. The molecule has 0 spiro atoms. The summed E-state index contributed by atoms with van der Waals surface area (Å²) in [6.45, 7) is 3.75. The number of carbonyl (C=O) groups is 1. The third kappa shape index (κ3) is 8.86. The van der Waals surface area contributed by atoms with Gasteiger partial charge in [0.15, 0.2) is 0 Å². The van der Waals surface area contributed by atoms with Gasteiger partial charge in [0.1, 0.15) is 5.82 Å². The van der Waals surface area contributed by atoms with Crippen LogP contribution in [-0.4, -0.2) is 23.7 Å². The van der Waals surface area contributed by atoms with E-state index in [0.717, 1.165) is 28.7 Å². The normalized spacial score (nSPS) is 12.2. The number of nitrogens with two attached hydrogens (primary N) is 1. The molecule has 0 fully saturated rings. The predicted molar refractivity (Wildman–Crippen MR) is 152 cm³/mol. The van der Waals surface area contributed by atoms with Crippen molar-refractivity contribution in [2.75, 3.05) is 6.61 Å². The van der Waals surface area contributed by atoms with E-state index in [1.54, 1.807) is 24.3 Å². The fourth-order valence-corrected chi connectivity index (χ4v) is 4.64. The Morgan fingerprint density at radius 1 is 0.846 bits per heavy atom. The number of amides is 1. The fourth-order valence-electron chi connectivity index (χ4n) is 4.64. The van der Waals surface area contributed by atoms with E-state index in [-0.39, 0.29) is 74.4 Å². The molecule has 39 heavy (non-hydrogen) atoms. The van der Waals surface area contributed by atoms with Gasteiger partial charge < -0.3 is 16.2 Å². The number of hydrogen-bond acceptors (Lipinski definition) is 3. The van der Waals surface area contributed by atoms with E-state index in [1.165, 1.54) is 17.7 Å². The molecule has 197 valence electrons. The third-order valence-corrected chi connectivity index (χ3v) is 6.83. The number of carbonyl (C=O) groups excluding carboxylic acids is 1. The van der Waals surface area contributed by atoms with E-state index in [9.17, 15) is 14.3 Å². The molecule has 0 saturated carbocycles. The zero-order chi connectivity index (χ0) is 26.9. The minimum atomic E-state index is -0.288. The van der Waals surface area contributed by atoms with Gasteiger partial charge in [-0.05, 0) is 77.4 Å². The summed E-state index contributed by atoms with van der Waals surface area (Å²) in [5, 5.41) is 13.6. The van der Waals surface area contributed by atoms with Crippen molar-refractivity contribution in [1.29, 1.82) is 0 Å². The standard InChI is InChI=1S/C33H33FN2O2.Ac/c1-23(35)29-9-5-8-25(20-29)21-30(22-37)32(19-10-24-6-3-2-4-7-24)36-33(38)28-13-11-26(12-14-28)27-15-17-31(34)18-16-27;/h2-9,11-18,20,30,32,37H,1,10,19,21-22,35H2,(H,36,38);. The Bertz CT molecular complexity index is 1360. The van der Waals surface area contributed by atoms with Crippen LogP contribution in [0.15, 0.2) is 110 Å². The van der Waals surface area contributed by atoms with Crippen LogP contribution in [0, 0.1) is 55.8 Å². The van der Waals surface area contributed by atoms with Crippen LogP contribution in [0.1, 0.15) is 33.5 Å². The number of rotatable bonds is 11. The van der Waals surface area contributed by atoms with Crippen molar-refractivity contribution in [1.82, 2.24) is 5.32 Å². The Kier molecular flexibility index (Phi) is 11.9. The Morgan fingerprint density at radius 3 is 2.08 bits per heavy atom. The van der Waals surface area contributed by atoms with E-state index in [1.807, 2.05) is 54.6 Å². The number of benzene rings is 4. The van der Waals surface area contributed by atoms with Crippen LogP contribution in [0.5, 0.6) is 0 Å². The van der Waals surface area contributed by atoms with Crippen LogP contribution in [0.3, 0.4) is 0 Å². The maximum atomic E-state index is 13.3. The van der Waals surface area contributed by atoms with Gasteiger partial charge in [0.25, 0.3) is 5.91 Å². The third-order valence-electron chi connectivity index (χ3n) is 6.83. The molecule has 6 heteroatoms. The number of halogens is 1. The van der Waals surface area contributed by atoms with Gasteiger partial charge in [-0.3, -0.25) is 4.79 Å². The molecule has 0 aromatic heterocycles. The van der Waals surface area contributed by atoms with Gasteiger partial charge >= 0.3 is 0 Å². The van der Waals surface area contributed by atoms with Gasteiger partial charge in [0, 0.05) is 73.9 Å². The Balaban J connectivity index is 0.00000420. The minimum absolute atomic E-state index is 0. The zero-order valence-electron chi connectivity index (χ0n) is 21.9. The van der Waals surface area contributed by atoms with Gasteiger partial charge in [-0.25, -0.2) is 4.39 Å². The summed E-state index contributed by atoms with van der Waals surface area (Å²) < 4.78 is 13.3. The van der Waals surface area contributed by atoms with Crippen molar-refractivity contribution in [3.8, 4) is 11.1 Å². The average molecular weight is 736 g/mol. The maximum Gasteiger partial charge on any atom is 0.251 e. The first-order chi connectivity index (χ1) is 18.4. The molecule has 4 aromatic rings. The van der Waals surface area contributed by atoms with E-state index in [2.05, 4.69) is 24.0 Å². The molecule has 0 aliphatic heterocycles. The van der Waals surface area contributed by atoms with Crippen LogP contribution in [0.25, 0.3) is 16.8 Å². The van der Waals surface area contributed by atoms with Crippen molar-refractivity contribution in [2.24, 2.45) is 11.7 Å². The van der Waals surface area contributed by atoms with Gasteiger partial charge in [-0.1, -0.05) is 79.4 Å². The smallest absolute Gasteiger partial charge is 0.251 e. The van der Waals surface area contributed by atoms with Crippen molar-refractivity contribution in [3.63, 3.8) is 0 Å². The number of aliphatic hydroxyl groups is 1. The number of hydrogen-bond donors (Lipinski definition) is 3. The van der Waals surface area contributed by atoms with Crippen LogP contribution >= 0.6 is 0 Å². The molecule has 4 nitrogen and oxygen atoms in total. The number of aliphatic hydroxyl groups excluding tert-OH is 1. The van der Waals surface area contributed by atoms with Crippen molar-refractivity contribution >= 4 is 11.6 Å². The van der Waals surface area contributed by atoms with E-state index in [4.69, 9.17) is 5.73 Å². The average Bonchev–Trinajstić information content (AvgIpc) is 2.95. The van der Waals surface area contributed by atoms with Gasteiger partial charge in [0.2, 0.25) is 0 Å².